The second-order valence-electron chi connectivity index (χ2n) is 2.57. The molecule has 1 atom stereocenters. The van der Waals surface area contributed by atoms with Gasteiger partial charge in [0.25, 0.3) is 0 Å². The smallest absolute Gasteiger partial charge is 0.150 e. The van der Waals surface area contributed by atoms with Gasteiger partial charge >= 0.3 is 0 Å². The minimum Gasteiger partial charge on any atom is -0.229 e. The van der Waals surface area contributed by atoms with Gasteiger partial charge in [0, 0.05) is 22.6 Å². The molecule has 0 aliphatic heterocycles. The van der Waals surface area contributed by atoms with Crippen LogP contribution in [0.2, 0.25) is 0 Å². The van der Waals surface area contributed by atoms with Crippen molar-refractivity contribution in [2.75, 3.05) is 23.1 Å². The number of alkyl halides is 1. The summed E-state index contributed by atoms with van der Waals surface area (Å²) >= 11 is 7.17. The summed E-state index contributed by atoms with van der Waals surface area (Å²) in [5.41, 5.74) is 0. The van der Waals surface area contributed by atoms with Crippen LogP contribution in [0.1, 0.15) is 13.8 Å². The van der Waals surface area contributed by atoms with Gasteiger partial charge in [-0.25, -0.2) is 8.42 Å². The molecule has 0 aromatic carbocycles. The minimum atomic E-state index is -2.79. The van der Waals surface area contributed by atoms with E-state index in [4.69, 9.17) is 11.6 Å². The lowest BCUT2D eigenvalue weighted by molar-refractivity contribution is 0.599. The maximum atomic E-state index is 11.0. The van der Waals surface area contributed by atoms with Crippen LogP contribution in [0.4, 0.5) is 0 Å². The Hall–Kier alpha value is 0.590. The van der Waals surface area contributed by atoms with Gasteiger partial charge in [0.05, 0.1) is 5.75 Å². The van der Waals surface area contributed by atoms with E-state index in [1.165, 1.54) is 0 Å². The summed E-state index contributed by atoms with van der Waals surface area (Å²) in [4.78, 5) is 0. The SMILES string of the molecule is CCS(=O)(=O)CCSC(C)CCl. The lowest BCUT2D eigenvalue weighted by Gasteiger charge is -2.06. The van der Waals surface area contributed by atoms with E-state index in [1.807, 2.05) is 6.92 Å². The fraction of sp³-hybridized carbons (Fsp3) is 1.00. The summed E-state index contributed by atoms with van der Waals surface area (Å²) in [5.74, 6) is 1.75. The van der Waals surface area contributed by atoms with Crippen LogP contribution in [0.5, 0.6) is 0 Å². The molecule has 0 amide bonds. The summed E-state index contributed by atoms with van der Waals surface area (Å²) in [6.45, 7) is 3.67. The molecule has 0 radical (unpaired) electrons. The Labute approximate surface area is 84.0 Å². The van der Waals surface area contributed by atoms with E-state index >= 15 is 0 Å². The molecule has 1 unspecified atom stereocenters. The molecule has 0 bridgehead atoms. The Balaban J connectivity index is 3.57. The highest BCUT2D eigenvalue weighted by Crippen LogP contribution is 2.12. The predicted molar refractivity (Wildman–Crippen MR) is 57.0 cm³/mol. The third kappa shape index (κ3) is 6.14. The number of halogens is 1. The predicted octanol–water partition coefficient (Wildman–Crippen LogP) is 1.78. The van der Waals surface area contributed by atoms with E-state index in [9.17, 15) is 8.42 Å². The molecule has 0 aromatic rings. The molecule has 5 heteroatoms. The molecule has 0 saturated heterocycles. The van der Waals surface area contributed by atoms with Gasteiger partial charge in [-0.1, -0.05) is 13.8 Å². The quantitative estimate of drug-likeness (QED) is 0.653. The van der Waals surface area contributed by atoms with Crippen molar-refractivity contribution in [3.8, 4) is 0 Å². The Morgan fingerprint density at radius 1 is 1.50 bits per heavy atom. The summed E-state index contributed by atoms with van der Waals surface area (Å²) in [6, 6.07) is 0. The topological polar surface area (TPSA) is 34.1 Å². The van der Waals surface area contributed by atoms with Crippen LogP contribution in [-0.4, -0.2) is 36.8 Å². The largest absolute Gasteiger partial charge is 0.229 e. The number of sulfone groups is 1. The molecule has 2 nitrogen and oxygen atoms in total. The van der Waals surface area contributed by atoms with Crippen molar-refractivity contribution < 1.29 is 8.42 Å². The lowest BCUT2D eigenvalue weighted by Crippen LogP contribution is -2.12. The van der Waals surface area contributed by atoms with Crippen LogP contribution >= 0.6 is 23.4 Å². The second kappa shape index (κ2) is 6.11. The third-order valence-electron chi connectivity index (χ3n) is 1.45. The molecule has 0 rings (SSSR count). The molecule has 0 heterocycles. The Morgan fingerprint density at radius 2 is 2.08 bits per heavy atom. The standard InChI is InChI=1S/C7H15ClO2S2/c1-3-12(9,10)5-4-11-7(2)6-8/h7H,3-6H2,1-2H3. The van der Waals surface area contributed by atoms with Crippen molar-refractivity contribution in [1.82, 2.24) is 0 Å². The first-order valence-corrected chi connectivity index (χ1v) is 7.30. The van der Waals surface area contributed by atoms with Gasteiger partial charge in [0.15, 0.2) is 9.84 Å². The van der Waals surface area contributed by atoms with Crippen LogP contribution in [0.15, 0.2) is 0 Å². The average molecular weight is 231 g/mol. The van der Waals surface area contributed by atoms with Crippen molar-refractivity contribution in [1.29, 1.82) is 0 Å². The first-order valence-electron chi connectivity index (χ1n) is 3.90. The highest BCUT2D eigenvalue weighted by molar-refractivity contribution is 8.01. The Morgan fingerprint density at radius 3 is 2.50 bits per heavy atom. The molecule has 0 spiro atoms. The van der Waals surface area contributed by atoms with E-state index < -0.39 is 9.84 Å². The molecule has 0 aliphatic rings. The van der Waals surface area contributed by atoms with Crippen LogP contribution in [0, 0.1) is 0 Å². The third-order valence-corrected chi connectivity index (χ3v) is 5.24. The van der Waals surface area contributed by atoms with Gasteiger partial charge in [-0.05, 0) is 0 Å². The zero-order valence-corrected chi connectivity index (χ0v) is 9.81. The zero-order chi connectivity index (χ0) is 9.61. The van der Waals surface area contributed by atoms with Gasteiger partial charge in [-0.2, -0.15) is 11.8 Å². The fourth-order valence-corrected chi connectivity index (χ4v) is 3.01. The lowest BCUT2D eigenvalue weighted by atomic mass is 10.6. The van der Waals surface area contributed by atoms with E-state index in [0.717, 1.165) is 0 Å². The van der Waals surface area contributed by atoms with E-state index in [0.29, 0.717) is 16.9 Å². The van der Waals surface area contributed by atoms with Crippen molar-refractivity contribution in [3.05, 3.63) is 0 Å². The van der Waals surface area contributed by atoms with Gasteiger partial charge < -0.3 is 0 Å². The van der Waals surface area contributed by atoms with Crippen LogP contribution in [0.3, 0.4) is 0 Å². The summed E-state index contributed by atoms with van der Waals surface area (Å²) in [5, 5.41) is 0.346. The van der Waals surface area contributed by atoms with Crippen molar-refractivity contribution >= 4 is 33.2 Å². The summed E-state index contributed by atoms with van der Waals surface area (Å²) < 4.78 is 22.0. The maximum Gasteiger partial charge on any atom is 0.150 e. The van der Waals surface area contributed by atoms with Gasteiger partial charge in [0.2, 0.25) is 0 Å². The first-order chi connectivity index (χ1) is 5.52. The highest BCUT2D eigenvalue weighted by atomic mass is 35.5. The summed E-state index contributed by atoms with van der Waals surface area (Å²) in [7, 11) is -2.79. The molecule has 12 heavy (non-hydrogen) atoms. The Bertz CT molecular complexity index is 201. The highest BCUT2D eigenvalue weighted by Gasteiger charge is 2.08. The molecule has 74 valence electrons. The number of hydrogen-bond donors (Lipinski definition) is 0. The van der Waals surface area contributed by atoms with E-state index in [1.54, 1.807) is 18.7 Å². The van der Waals surface area contributed by atoms with Crippen LogP contribution < -0.4 is 0 Å². The van der Waals surface area contributed by atoms with Crippen molar-refractivity contribution in [3.63, 3.8) is 0 Å². The van der Waals surface area contributed by atoms with Crippen LogP contribution in [-0.2, 0) is 9.84 Å². The second-order valence-corrected chi connectivity index (χ2v) is 6.90. The summed E-state index contributed by atoms with van der Waals surface area (Å²) in [6.07, 6.45) is 0. The van der Waals surface area contributed by atoms with E-state index in [2.05, 4.69) is 0 Å². The van der Waals surface area contributed by atoms with Gasteiger partial charge in [-0.15, -0.1) is 11.6 Å². The molecule has 0 N–H and O–H groups in total. The normalized spacial score (nSPS) is 14.6. The number of rotatable bonds is 6. The molecular formula is C7H15ClO2S2. The average Bonchev–Trinajstić information content (AvgIpc) is 2.04. The first kappa shape index (κ1) is 12.6. The van der Waals surface area contributed by atoms with Crippen molar-refractivity contribution in [2.24, 2.45) is 0 Å². The van der Waals surface area contributed by atoms with Gasteiger partial charge in [0.1, 0.15) is 0 Å². The van der Waals surface area contributed by atoms with E-state index in [-0.39, 0.29) is 11.5 Å². The Kier molecular flexibility index (Phi) is 6.41. The molecule has 0 aromatic heterocycles. The molecule has 0 saturated carbocycles. The molecular weight excluding hydrogens is 216 g/mol. The number of hydrogen-bond acceptors (Lipinski definition) is 3. The van der Waals surface area contributed by atoms with Crippen molar-refractivity contribution in [2.45, 2.75) is 19.1 Å². The number of thioether (sulfide) groups is 1. The minimum absolute atomic E-state index is 0.239. The molecule has 0 aliphatic carbocycles. The zero-order valence-electron chi connectivity index (χ0n) is 7.42. The van der Waals surface area contributed by atoms with Gasteiger partial charge in [-0.3, -0.25) is 0 Å². The maximum absolute atomic E-state index is 11.0. The van der Waals surface area contributed by atoms with Crippen LogP contribution in [0.25, 0.3) is 0 Å². The fourth-order valence-electron chi connectivity index (χ4n) is 0.565. The monoisotopic (exact) mass is 230 g/mol. The molecule has 0 fully saturated rings.